The molecule has 1 aromatic rings. The molecule has 0 aliphatic carbocycles. The van der Waals surface area contributed by atoms with Gasteiger partial charge in [-0.3, -0.25) is 14.4 Å². The van der Waals surface area contributed by atoms with E-state index in [0.29, 0.717) is 19.4 Å². The van der Waals surface area contributed by atoms with Crippen molar-refractivity contribution in [3.63, 3.8) is 0 Å². The maximum Gasteiger partial charge on any atom is 0.327 e. The number of benzene rings is 1. The summed E-state index contributed by atoms with van der Waals surface area (Å²) in [5, 5.41) is 14.2. The molecule has 1 heterocycles. The molecule has 10 heteroatoms. The van der Waals surface area contributed by atoms with E-state index < -0.39 is 41.8 Å². The lowest BCUT2D eigenvalue weighted by molar-refractivity contribution is -0.144. The predicted octanol–water partition coefficient (Wildman–Crippen LogP) is -0.837. The first kappa shape index (κ1) is 22.7. The zero-order chi connectivity index (χ0) is 21.4. The Hall–Kier alpha value is -2.59. The smallest absolute Gasteiger partial charge is 0.327 e. The Bertz CT molecular complexity index is 745. The Morgan fingerprint density at radius 1 is 1.17 bits per heavy atom. The van der Waals surface area contributed by atoms with Crippen LogP contribution in [0.2, 0.25) is 0 Å². The summed E-state index contributed by atoms with van der Waals surface area (Å²) >= 11 is 3.94. The molecule has 5 N–H and O–H groups in total. The molecular formula is C19H26N4O5S. The van der Waals surface area contributed by atoms with E-state index in [0.717, 1.165) is 5.56 Å². The highest BCUT2D eigenvalue weighted by atomic mass is 32.1. The number of carbonyl (C=O) groups excluding carboxylic acids is 3. The third-order valence-corrected chi connectivity index (χ3v) is 5.10. The van der Waals surface area contributed by atoms with E-state index in [2.05, 4.69) is 23.3 Å². The number of nitrogens with one attached hydrogen (secondary N) is 2. The number of carbonyl (C=O) groups is 4. The van der Waals surface area contributed by atoms with Gasteiger partial charge in [0, 0.05) is 18.7 Å². The molecular weight excluding hydrogens is 396 g/mol. The Morgan fingerprint density at radius 2 is 1.86 bits per heavy atom. The maximum atomic E-state index is 13.2. The van der Waals surface area contributed by atoms with Crippen LogP contribution in [0.1, 0.15) is 18.4 Å². The molecule has 0 saturated carbocycles. The van der Waals surface area contributed by atoms with Crippen LogP contribution in [-0.4, -0.2) is 70.7 Å². The lowest BCUT2D eigenvalue weighted by Crippen LogP contribution is -2.56. The Labute approximate surface area is 174 Å². The second-order valence-corrected chi connectivity index (χ2v) is 7.15. The molecule has 3 unspecified atom stereocenters. The summed E-state index contributed by atoms with van der Waals surface area (Å²) < 4.78 is 0. The van der Waals surface area contributed by atoms with Crippen molar-refractivity contribution in [2.45, 2.75) is 37.4 Å². The summed E-state index contributed by atoms with van der Waals surface area (Å²) in [6, 6.07) is 6.38. The van der Waals surface area contributed by atoms with Crippen molar-refractivity contribution in [2.75, 3.05) is 18.8 Å². The number of hydrogen-bond donors (Lipinski definition) is 5. The van der Waals surface area contributed by atoms with Crippen molar-refractivity contribution < 1.29 is 24.3 Å². The molecule has 9 nitrogen and oxygen atoms in total. The monoisotopic (exact) mass is 422 g/mol. The fourth-order valence-corrected chi connectivity index (χ4v) is 3.51. The topological polar surface area (TPSA) is 142 Å². The summed E-state index contributed by atoms with van der Waals surface area (Å²) in [4.78, 5) is 50.2. The Balaban J connectivity index is 2.16. The fraction of sp³-hybridized carbons (Fsp3) is 0.474. The standard InChI is InChI=1S/C19H26N4O5S/c20-10-16(24)21-13(9-12-5-2-1-3-6-12)18(26)23-8-4-7-15(23)17(25)22-14(11-29)19(27)28/h1-3,5-6,13-15,29H,4,7-11,20H2,(H,21,24)(H,22,25)(H,27,28). The van der Waals surface area contributed by atoms with Crippen LogP contribution in [0.15, 0.2) is 30.3 Å². The van der Waals surface area contributed by atoms with Crippen molar-refractivity contribution in [3.8, 4) is 0 Å². The van der Waals surface area contributed by atoms with E-state index in [1.807, 2.05) is 30.3 Å². The summed E-state index contributed by atoms with van der Waals surface area (Å²) in [7, 11) is 0. The van der Waals surface area contributed by atoms with E-state index in [-0.39, 0.29) is 18.7 Å². The van der Waals surface area contributed by atoms with Gasteiger partial charge in [-0.1, -0.05) is 30.3 Å². The molecule has 0 bridgehead atoms. The number of hydrogen-bond acceptors (Lipinski definition) is 6. The van der Waals surface area contributed by atoms with Crippen molar-refractivity contribution in [1.29, 1.82) is 0 Å². The first-order valence-electron chi connectivity index (χ1n) is 9.35. The van der Waals surface area contributed by atoms with Crippen LogP contribution < -0.4 is 16.4 Å². The molecule has 3 amide bonds. The lowest BCUT2D eigenvalue weighted by Gasteiger charge is -2.29. The van der Waals surface area contributed by atoms with E-state index >= 15 is 0 Å². The van der Waals surface area contributed by atoms with Gasteiger partial charge >= 0.3 is 5.97 Å². The highest BCUT2D eigenvalue weighted by molar-refractivity contribution is 7.80. The van der Waals surface area contributed by atoms with E-state index in [1.165, 1.54) is 4.90 Å². The van der Waals surface area contributed by atoms with Crippen LogP contribution in [0.5, 0.6) is 0 Å². The van der Waals surface area contributed by atoms with Crippen LogP contribution >= 0.6 is 12.6 Å². The zero-order valence-corrected chi connectivity index (χ0v) is 16.8. The third-order valence-electron chi connectivity index (χ3n) is 4.74. The van der Waals surface area contributed by atoms with Crippen LogP contribution in [0.3, 0.4) is 0 Å². The summed E-state index contributed by atoms with van der Waals surface area (Å²) in [5.41, 5.74) is 6.23. The second kappa shape index (κ2) is 10.8. The highest BCUT2D eigenvalue weighted by Crippen LogP contribution is 2.20. The molecule has 3 atom stereocenters. The third kappa shape index (κ3) is 6.20. The lowest BCUT2D eigenvalue weighted by atomic mass is 10.0. The number of rotatable bonds is 9. The minimum atomic E-state index is -1.19. The van der Waals surface area contributed by atoms with Gasteiger partial charge in [0.2, 0.25) is 17.7 Å². The van der Waals surface area contributed by atoms with Crippen LogP contribution in [0.4, 0.5) is 0 Å². The number of nitrogens with zero attached hydrogens (tertiary/aromatic N) is 1. The molecule has 29 heavy (non-hydrogen) atoms. The van der Waals surface area contributed by atoms with Crippen molar-refractivity contribution >= 4 is 36.3 Å². The molecule has 1 saturated heterocycles. The average molecular weight is 423 g/mol. The Morgan fingerprint density at radius 3 is 2.45 bits per heavy atom. The Kier molecular flexibility index (Phi) is 8.47. The van der Waals surface area contributed by atoms with Gasteiger partial charge in [0.05, 0.1) is 6.54 Å². The largest absolute Gasteiger partial charge is 0.480 e. The molecule has 1 fully saturated rings. The summed E-state index contributed by atoms with van der Waals surface area (Å²) in [5.74, 6) is -2.67. The second-order valence-electron chi connectivity index (χ2n) is 6.79. The number of nitrogens with two attached hydrogens (primary N) is 1. The zero-order valence-electron chi connectivity index (χ0n) is 15.9. The normalized spacial score (nSPS) is 18.0. The first-order chi connectivity index (χ1) is 13.9. The van der Waals surface area contributed by atoms with E-state index in [1.54, 1.807) is 0 Å². The SMILES string of the molecule is NCC(=O)NC(Cc1ccccc1)C(=O)N1CCCC1C(=O)NC(CS)C(=O)O. The number of thiol groups is 1. The van der Waals surface area contributed by atoms with Crippen molar-refractivity contribution in [1.82, 2.24) is 15.5 Å². The maximum absolute atomic E-state index is 13.2. The molecule has 0 radical (unpaired) electrons. The number of carboxylic acids is 1. The minimum absolute atomic E-state index is 0.0646. The molecule has 1 aromatic carbocycles. The quantitative estimate of drug-likeness (QED) is 0.329. The fourth-order valence-electron chi connectivity index (χ4n) is 3.26. The molecule has 158 valence electrons. The molecule has 2 rings (SSSR count). The predicted molar refractivity (Wildman–Crippen MR) is 109 cm³/mol. The molecule has 1 aliphatic rings. The number of likely N-dealkylation sites (tertiary alicyclic amines) is 1. The van der Waals surface area contributed by atoms with Crippen LogP contribution in [-0.2, 0) is 25.6 Å². The summed E-state index contributed by atoms with van der Waals surface area (Å²) in [6.45, 7) is 0.0873. The average Bonchev–Trinajstić information content (AvgIpc) is 3.21. The van der Waals surface area contributed by atoms with Gasteiger partial charge in [0.1, 0.15) is 18.1 Å². The van der Waals surface area contributed by atoms with Gasteiger partial charge < -0.3 is 26.4 Å². The van der Waals surface area contributed by atoms with E-state index in [9.17, 15) is 19.2 Å². The van der Waals surface area contributed by atoms with Crippen molar-refractivity contribution in [2.24, 2.45) is 5.73 Å². The number of carboxylic acid groups (broad SMARTS) is 1. The van der Waals surface area contributed by atoms with Gasteiger partial charge in [-0.15, -0.1) is 0 Å². The minimum Gasteiger partial charge on any atom is -0.480 e. The number of aliphatic carboxylic acids is 1. The van der Waals surface area contributed by atoms with Gasteiger partial charge in [0.25, 0.3) is 0 Å². The molecule has 0 aromatic heterocycles. The molecule has 1 aliphatic heterocycles. The van der Waals surface area contributed by atoms with Crippen molar-refractivity contribution in [3.05, 3.63) is 35.9 Å². The first-order valence-corrected chi connectivity index (χ1v) is 9.98. The van der Waals surface area contributed by atoms with Gasteiger partial charge in [-0.05, 0) is 18.4 Å². The highest BCUT2D eigenvalue weighted by Gasteiger charge is 2.38. The van der Waals surface area contributed by atoms with Crippen LogP contribution in [0.25, 0.3) is 0 Å². The van der Waals surface area contributed by atoms with E-state index in [4.69, 9.17) is 10.8 Å². The van der Waals surface area contributed by atoms with Gasteiger partial charge in [-0.25, -0.2) is 4.79 Å². The molecule has 0 spiro atoms. The van der Waals surface area contributed by atoms with Gasteiger partial charge in [0.15, 0.2) is 0 Å². The summed E-state index contributed by atoms with van der Waals surface area (Å²) in [6.07, 6.45) is 1.27. The number of amides is 3. The van der Waals surface area contributed by atoms with Gasteiger partial charge in [-0.2, -0.15) is 12.6 Å². The van der Waals surface area contributed by atoms with Crippen LogP contribution in [0, 0.1) is 0 Å².